The Labute approximate surface area is 189 Å². The Kier molecular flexibility index (Phi) is 8.93. The highest BCUT2D eigenvalue weighted by atomic mass is 32.1. The third kappa shape index (κ3) is 6.81. The summed E-state index contributed by atoms with van der Waals surface area (Å²) < 4.78 is 10.9. The van der Waals surface area contributed by atoms with Crippen LogP contribution in [0.1, 0.15) is 24.2 Å². The number of nitrogens with one attached hydrogen (secondary N) is 2. The Hall–Kier alpha value is -2.36. The number of anilines is 1. The average Bonchev–Trinajstić information content (AvgIpc) is 3.28. The number of guanidine groups is 1. The summed E-state index contributed by atoms with van der Waals surface area (Å²) in [5, 5.41) is 9.95. The summed E-state index contributed by atoms with van der Waals surface area (Å²) in [6.45, 7) is 7.53. The summed E-state index contributed by atoms with van der Waals surface area (Å²) >= 11 is 1.64. The van der Waals surface area contributed by atoms with Crippen molar-refractivity contribution < 1.29 is 9.47 Å². The molecular weight excluding hydrogens is 412 g/mol. The van der Waals surface area contributed by atoms with Crippen LogP contribution in [0, 0.1) is 0 Å². The largest absolute Gasteiger partial charge is 0.497 e. The molecule has 1 atom stereocenters. The predicted octanol–water partition coefficient (Wildman–Crippen LogP) is 2.35. The number of aliphatic imine (C=N–C) groups is 1. The Morgan fingerprint density at radius 2 is 2.00 bits per heavy atom. The van der Waals surface area contributed by atoms with E-state index < -0.39 is 0 Å². The lowest BCUT2D eigenvalue weighted by Gasteiger charge is -2.35. The van der Waals surface area contributed by atoms with Crippen LogP contribution in [0.2, 0.25) is 0 Å². The molecule has 0 aliphatic carbocycles. The number of ether oxygens (including phenoxy) is 2. The van der Waals surface area contributed by atoms with Crippen LogP contribution in [0.3, 0.4) is 0 Å². The molecule has 1 aliphatic heterocycles. The zero-order valence-corrected chi connectivity index (χ0v) is 19.7. The first-order chi connectivity index (χ1) is 15.1. The number of aromatic nitrogens is 1. The SMILES string of the molecule is CCNC(=NCc1csc(N(C)C)n1)NCC(c1ccc(OC)cc1)N1CCOCC1. The third-order valence-electron chi connectivity index (χ3n) is 5.12. The van der Waals surface area contributed by atoms with E-state index in [1.165, 1.54) is 5.56 Å². The van der Waals surface area contributed by atoms with Gasteiger partial charge in [-0.2, -0.15) is 0 Å². The summed E-state index contributed by atoms with van der Waals surface area (Å²) in [5.74, 6) is 1.67. The maximum absolute atomic E-state index is 5.57. The number of benzene rings is 1. The molecule has 1 fully saturated rings. The van der Waals surface area contributed by atoms with Crippen molar-refractivity contribution in [1.82, 2.24) is 20.5 Å². The van der Waals surface area contributed by atoms with Crippen LogP contribution in [-0.4, -0.2) is 76.4 Å². The Morgan fingerprint density at radius 3 is 2.61 bits per heavy atom. The van der Waals surface area contributed by atoms with Crippen LogP contribution < -0.4 is 20.3 Å². The lowest BCUT2D eigenvalue weighted by molar-refractivity contribution is 0.0170. The predicted molar refractivity (Wildman–Crippen MR) is 127 cm³/mol. The number of hydrogen-bond acceptors (Lipinski definition) is 7. The zero-order chi connectivity index (χ0) is 22.1. The van der Waals surface area contributed by atoms with E-state index in [9.17, 15) is 0 Å². The van der Waals surface area contributed by atoms with E-state index in [1.54, 1.807) is 18.4 Å². The van der Waals surface area contributed by atoms with Gasteiger partial charge < -0.3 is 25.0 Å². The molecule has 2 heterocycles. The first kappa shape index (κ1) is 23.3. The lowest BCUT2D eigenvalue weighted by atomic mass is 10.0. The smallest absolute Gasteiger partial charge is 0.191 e. The van der Waals surface area contributed by atoms with E-state index in [-0.39, 0.29) is 6.04 Å². The summed E-state index contributed by atoms with van der Waals surface area (Å²) in [4.78, 5) is 13.9. The standard InChI is InChI=1S/C22H34N6O2S/c1-5-23-21(24-14-18-16-31-22(26-18)27(2)3)25-15-20(28-10-12-30-13-11-28)17-6-8-19(29-4)9-7-17/h6-9,16,20H,5,10-15H2,1-4H3,(H2,23,24,25). The fourth-order valence-electron chi connectivity index (χ4n) is 3.44. The zero-order valence-electron chi connectivity index (χ0n) is 18.9. The first-order valence-corrected chi connectivity index (χ1v) is 11.6. The monoisotopic (exact) mass is 446 g/mol. The van der Waals surface area contributed by atoms with Gasteiger partial charge in [0.25, 0.3) is 0 Å². The maximum atomic E-state index is 5.57. The second kappa shape index (κ2) is 11.9. The molecular formula is C22H34N6O2S. The Morgan fingerprint density at radius 1 is 1.26 bits per heavy atom. The average molecular weight is 447 g/mol. The van der Waals surface area contributed by atoms with Crippen LogP contribution in [-0.2, 0) is 11.3 Å². The minimum absolute atomic E-state index is 0.221. The summed E-state index contributed by atoms with van der Waals surface area (Å²) in [7, 11) is 5.70. The fourth-order valence-corrected chi connectivity index (χ4v) is 4.19. The van der Waals surface area contributed by atoms with Crippen LogP contribution in [0.5, 0.6) is 5.75 Å². The normalized spacial score (nSPS) is 16.1. The molecule has 0 spiro atoms. The molecule has 170 valence electrons. The van der Waals surface area contributed by atoms with Gasteiger partial charge in [-0.15, -0.1) is 11.3 Å². The molecule has 1 aromatic carbocycles. The van der Waals surface area contributed by atoms with Crippen LogP contribution in [0.4, 0.5) is 5.13 Å². The molecule has 0 amide bonds. The summed E-state index contributed by atoms with van der Waals surface area (Å²) in [6.07, 6.45) is 0. The molecule has 0 bridgehead atoms. The molecule has 0 saturated carbocycles. The van der Waals surface area contributed by atoms with E-state index in [4.69, 9.17) is 14.5 Å². The van der Waals surface area contributed by atoms with Gasteiger partial charge in [-0.05, 0) is 24.6 Å². The van der Waals surface area contributed by atoms with Crippen LogP contribution in [0.15, 0.2) is 34.6 Å². The van der Waals surface area contributed by atoms with Crippen molar-refractivity contribution in [1.29, 1.82) is 0 Å². The van der Waals surface area contributed by atoms with E-state index >= 15 is 0 Å². The number of thiazole rings is 1. The number of hydrogen-bond donors (Lipinski definition) is 2. The highest BCUT2D eigenvalue weighted by Crippen LogP contribution is 2.24. The van der Waals surface area contributed by atoms with E-state index in [2.05, 4.69) is 45.0 Å². The van der Waals surface area contributed by atoms with Crippen molar-refractivity contribution in [2.45, 2.75) is 19.5 Å². The number of nitrogens with zero attached hydrogens (tertiary/aromatic N) is 4. The van der Waals surface area contributed by atoms with Gasteiger partial charge in [-0.25, -0.2) is 9.98 Å². The second-order valence-electron chi connectivity index (χ2n) is 7.53. The van der Waals surface area contributed by atoms with E-state index in [0.29, 0.717) is 6.54 Å². The second-order valence-corrected chi connectivity index (χ2v) is 8.37. The van der Waals surface area contributed by atoms with Crippen molar-refractivity contribution in [3.05, 3.63) is 40.9 Å². The van der Waals surface area contributed by atoms with Gasteiger partial charge in [0.05, 0.1) is 38.6 Å². The van der Waals surface area contributed by atoms with Crippen molar-refractivity contribution in [3.63, 3.8) is 0 Å². The van der Waals surface area contributed by atoms with Gasteiger partial charge in [-0.3, -0.25) is 4.90 Å². The van der Waals surface area contributed by atoms with Gasteiger partial charge in [0, 0.05) is 45.7 Å². The molecule has 3 rings (SSSR count). The molecule has 1 aromatic heterocycles. The van der Waals surface area contributed by atoms with Gasteiger partial charge in [0.15, 0.2) is 11.1 Å². The van der Waals surface area contributed by atoms with E-state index in [0.717, 1.165) is 61.9 Å². The molecule has 2 N–H and O–H groups in total. The topological polar surface area (TPSA) is 74.2 Å². The van der Waals surface area contributed by atoms with Crippen molar-refractivity contribution in [2.75, 3.05) is 65.5 Å². The van der Waals surface area contributed by atoms with Crippen molar-refractivity contribution in [3.8, 4) is 5.75 Å². The molecule has 1 unspecified atom stereocenters. The van der Waals surface area contributed by atoms with Gasteiger partial charge in [-0.1, -0.05) is 12.1 Å². The minimum Gasteiger partial charge on any atom is -0.497 e. The highest BCUT2D eigenvalue weighted by molar-refractivity contribution is 7.13. The third-order valence-corrected chi connectivity index (χ3v) is 6.17. The number of methoxy groups -OCH3 is 1. The molecule has 2 aromatic rings. The Bertz CT molecular complexity index is 818. The minimum atomic E-state index is 0.221. The van der Waals surface area contributed by atoms with Crippen LogP contribution in [0.25, 0.3) is 0 Å². The molecule has 0 radical (unpaired) electrons. The summed E-state index contributed by atoms with van der Waals surface area (Å²) in [5.41, 5.74) is 2.23. The van der Waals surface area contributed by atoms with Crippen LogP contribution >= 0.6 is 11.3 Å². The van der Waals surface area contributed by atoms with Crippen molar-refractivity contribution >= 4 is 22.4 Å². The summed E-state index contributed by atoms with van der Waals surface area (Å²) in [6, 6.07) is 8.54. The number of rotatable bonds is 9. The molecule has 31 heavy (non-hydrogen) atoms. The highest BCUT2D eigenvalue weighted by Gasteiger charge is 2.23. The molecule has 1 aliphatic rings. The Balaban J connectivity index is 1.69. The maximum Gasteiger partial charge on any atom is 0.191 e. The lowest BCUT2D eigenvalue weighted by Crippen LogP contribution is -2.46. The van der Waals surface area contributed by atoms with Gasteiger partial charge in [0.1, 0.15) is 5.75 Å². The van der Waals surface area contributed by atoms with E-state index in [1.807, 2.05) is 31.1 Å². The molecule has 9 heteroatoms. The fraction of sp³-hybridized carbons (Fsp3) is 0.545. The first-order valence-electron chi connectivity index (χ1n) is 10.7. The molecule has 1 saturated heterocycles. The van der Waals surface area contributed by atoms with Gasteiger partial charge >= 0.3 is 0 Å². The number of morpholine rings is 1. The van der Waals surface area contributed by atoms with Crippen molar-refractivity contribution in [2.24, 2.45) is 4.99 Å². The quantitative estimate of drug-likeness (QED) is 0.452. The molecule has 8 nitrogen and oxygen atoms in total. The van der Waals surface area contributed by atoms with Gasteiger partial charge in [0.2, 0.25) is 0 Å².